The molecular formula is C20H18FNO2S. The molecular weight excluding hydrogens is 337 g/mol. The number of benzene rings is 1. The van der Waals surface area contributed by atoms with Crippen LogP contribution in [0.2, 0.25) is 0 Å². The van der Waals surface area contributed by atoms with Crippen LogP contribution in [0.3, 0.4) is 0 Å². The van der Waals surface area contributed by atoms with Crippen LogP contribution in [0.1, 0.15) is 35.0 Å². The Kier molecular flexibility index (Phi) is 4.17. The third-order valence-corrected chi connectivity index (χ3v) is 5.81. The Morgan fingerprint density at radius 3 is 2.60 bits per heavy atom. The number of carbonyl (C=O) groups excluding carboxylic acids is 1. The molecule has 0 bridgehead atoms. The first kappa shape index (κ1) is 16.1. The highest BCUT2D eigenvalue weighted by Gasteiger charge is 2.51. The number of carbonyl (C=O) groups is 1. The van der Waals surface area contributed by atoms with Crippen molar-refractivity contribution in [2.45, 2.75) is 24.2 Å². The van der Waals surface area contributed by atoms with Crippen molar-refractivity contribution in [1.82, 2.24) is 5.32 Å². The summed E-state index contributed by atoms with van der Waals surface area (Å²) >= 11 is 1.65. The van der Waals surface area contributed by atoms with Crippen molar-refractivity contribution in [2.24, 2.45) is 0 Å². The largest absolute Gasteiger partial charge is 0.469 e. The van der Waals surface area contributed by atoms with E-state index < -0.39 is 5.41 Å². The van der Waals surface area contributed by atoms with Crippen LogP contribution in [-0.4, -0.2) is 12.5 Å². The molecule has 0 saturated heterocycles. The predicted molar refractivity (Wildman–Crippen MR) is 95.2 cm³/mol. The van der Waals surface area contributed by atoms with Crippen molar-refractivity contribution in [3.63, 3.8) is 0 Å². The van der Waals surface area contributed by atoms with E-state index in [1.807, 2.05) is 23.6 Å². The lowest BCUT2D eigenvalue weighted by molar-refractivity contribution is -0.123. The molecule has 1 unspecified atom stereocenters. The summed E-state index contributed by atoms with van der Waals surface area (Å²) in [7, 11) is 0. The van der Waals surface area contributed by atoms with Gasteiger partial charge in [-0.1, -0.05) is 18.2 Å². The average molecular weight is 355 g/mol. The minimum atomic E-state index is -0.503. The van der Waals surface area contributed by atoms with Crippen LogP contribution in [0, 0.1) is 5.82 Å². The zero-order valence-electron chi connectivity index (χ0n) is 13.6. The van der Waals surface area contributed by atoms with E-state index >= 15 is 0 Å². The molecule has 128 valence electrons. The number of thiophene rings is 1. The van der Waals surface area contributed by atoms with Crippen LogP contribution in [0.5, 0.6) is 0 Å². The molecule has 5 heteroatoms. The molecule has 3 aromatic rings. The highest BCUT2D eigenvalue weighted by atomic mass is 32.1. The first-order chi connectivity index (χ1) is 12.2. The van der Waals surface area contributed by atoms with Crippen molar-refractivity contribution in [1.29, 1.82) is 0 Å². The summed E-state index contributed by atoms with van der Waals surface area (Å²) in [5, 5.41) is 5.11. The average Bonchev–Trinajstić information content (AvgIpc) is 3.02. The molecule has 25 heavy (non-hydrogen) atoms. The lowest BCUT2D eigenvalue weighted by Gasteiger charge is -2.19. The number of hydrogen-bond donors (Lipinski definition) is 1. The summed E-state index contributed by atoms with van der Waals surface area (Å²) in [5.74, 6) is 0.570. The lowest BCUT2D eigenvalue weighted by Crippen LogP contribution is -2.37. The van der Waals surface area contributed by atoms with Gasteiger partial charge < -0.3 is 9.73 Å². The third-order valence-electron chi connectivity index (χ3n) is 4.82. The smallest absolute Gasteiger partial charge is 0.230 e. The van der Waals surface area contributed by atoms with Gasteiger partial charge in [0, 0.05) is 11.4 Å². The zero-order chi connectivity index (χ0) is 17.3. The van der Waals surface area contributed by atoms with Gasteiger partial charge >= 0.3 is 0 Å². The molecule has 1 fully saturated rings. The van der Waals surface area contributed by atoms with Gasteiger partial charge in [-0.25, -0.2) is 4.39 Å². The number of rotatable bonds is 6. The van der Waals surface area contributed by atoms with Crippen molar-refractivity contribution in [2.75, 3.05) is 6.54 Å². The normalized spacial score (nSPS) is 16.4. The van der Waals surface area contributed by atoms with Crippen LogP contribution in [-0.2, 0) is 10.2 Å². The molecule has 2 heterocycles. The van der Waals surface area contributed by atoms with Crippen LogP contribution in [0.15, 0.2) is 64.6 Å². The minimum Gasteiger partial charge on any atom is -0.469 e. The minimum absolute atomic E-state index is 0.00275. The molecule has 1 aliphatic rings. The Morgan fingerprint density at radius 2 is 2.00 bits per heavy atom. The summed E-state index contributed by atoms with van der Waals surface area (Å²) in [5.41, 5.74) is 0.383. The van der Waals surface area contributed by atoms with Crippen LogP contribution < -0.4 is 5.32 Å². The second-order valence-electron chi connectivity index (χ2n) is 6.38. The van der Waals surface area contributed by atoms with E-state index in [0.717, 1.165) is 29.0 Å². The Labute approximate surface area is 149 Å². The molecule has 4 rings (SSSR count). The van der Waals surface area contributed by atoms with Gasteiger partial charge in [0.15, 0.2) is 0 Å². The molecule has 1 saturated carbocycles. The molecule has 1 N–H and O–H groups in total. The monoisotopic (exact) mass is 355 g/mol. The maximum absolute atomic E-state index is 13.2. The zero-order valence-corrected chi connectivity index (χ0v) is 14.4. The van der Waals surface area contributed by atoms with Crippen LogP contribution >= 0.6 is 11.3 Å². The van der Waals surface area contributed by atoms with E-state index in [2.05, 4.69) is 11.4 Å². The van der Waals surface area contributed by atoms with Crippen LogP contribution in [0.25, 0.3) is 0 Å². The number of furan rings is 1. The molecule has 1 aromatic carbocycles. The summed E-state index contributed by atoms with van der Waals surface area (Å²) in [6.07, 6.45) is 3.25. The highest BCUT2D eigenvalue weighted by Crippen LogP contribution is 2.48. The molecule has 0 aliphatic heterocycles. The number of hydrogen-bond acceptors (Lipinski definition) is 3. The van der Waals surface area contributed by atoms with E-state index in [1.54, 1.807) is 29.7 Å². The highest BCUT2D eigenvalue weighted by molar-refractivity contribution is 7.10. The van der Waals surface area contributed by atoms with Gasteiger partial charge in [0.1, 0.15) is 11.6 Å². The summed E-state index contributed by atoms with van der Waals surface area (Å²) in [6, 6.07) is 14.1. The van der Waals surface area contributed by atoms with Gasteiger partial charge in [-0.2, -0.15) is 0 Å². The Hall–Kier alpha value is -2.40. The first-order valence-electron chi connectivity index (χ1n) is 8.30. The fourth-order valence-electron chi connectivity index (χ4n) is 3.23. The summed E-state index contributed by atoms with van der Waals surface area (Å²) in [4.78, 5) is 14.0. The number of amides is 1. The van der Waals surface area contributed by atoms with Crippen LogP contribution in [0.4, 0.5) is 4.39 Å². The van der Waals surface area contributed by atoms with Gasteiger partial charge in [-0.15, -0.1) is 11.3 Å². The van der Waals surface area contributed by atoms with Crippen molar-refractivity contribution >= 4 is 17.2 Å². The second kappa shape index (κ2) is 6.48. The Morgan fingerprint density at radius 1 is 1.20 bits per heavy atom. The fraction of sp³-hybridized carbons (Fsp3) is 0.250. The SMILES string of the molecule is O=C(NCC(c1ccco1)c1cccs1)C1(c2ccc(F)cc2)CC1. The van der Waals surface area contributed by atoms with Crippen molar-refractivity contribution in [3.05, 3.63) is 82.2 Å². The quantitative estimate of drug-likeness (QED) is 0.709. The topological polar surface area (TPSA) is 42.2 Å². The standard InChI is InChI=1S/C20H18FNO2S/c21-15-7-5-14(6-8-15)20(9-10-20)19(23)22-13-16(17-3-1-11-24-17)18-4-2-12-25-18/h1-8,11-12,16H,9-10,13H2,(H,22,23). The van der Waals surface area contributed by atoms with Crippen molar-refractivity contribution < 1.29 is 13.6 Å². The van der Waals surface area contributed by atoms with Gasteiger partial charge in [-0.3, -0.25) is 4.79 Å². The lowest BCUT2D eigenvalue weighted by atomic mass is 9.94. The van der Waals surface area contributed by atoms with E-state index in [0.29, 0.717) is 6.54 Å². The molecule has 0 spiro atoms. The molecule has 1 atom stereocenters. The third kappa shape index (κ3) is 3.12. The van der Waals surface area contributed by atoms with Gasteiger partial charge in [0.2, 0.25) is 5.91 Å². The predicted octanol–water partition coefficient (Wildman–Crippen LogP) is 4.46. The van der Waals surface area contributed by atoms with E-state index in [1.165, 1.54) is 12.1 Å². The number of halogens is 1. The maximum Gasteiger partial charge on any atom is 0.230 e. The molecule has 1 aliphatic carbocycles. The Balaban J connectivity index is 1.50. The van der Waals surface area contributed by atoms with E-state index in [9.17, 15) is 9.18 Å². The summed E-state index contributed by atoms with van der Waals surface area (Å²) < 4.78 is 18.7. The molecule has 0 radical (unpaired) electrons. The van der Waals surface area contributed by atoms with Crippen molar-refractivity contribution in [3.8, 4) is 0 Å². The first-order valence-corrected chi connectivity index (χ1v) is 9.18. The fourth-order valence-corrected chi connectivity index (χ4v) is 4.06. The Bertz CT molecular complexity index is 802. The molecule has 3 nitrogen and oxygen atoms in total. The van der Waals surface area contributed by atoms with E-state index in [-0.39, 0.29) is 17.6 Å². The molecule has 2 aromatic heterocycles. The second-order valence-corrected chi connectivity index (χ2v) is 7.36. The van der Waals surface area contributed by atoms with E-state index in [4.69, 9.17) is 4.42 Å². The maximum atomic E-state index is 13.2. The number of nitrogens with one attached hydrogen (secondary N) is 1. The summed E-state index contributed by atoms with van der Waals surface area (Å²) in [6.45, 7) is 0.482. The van der Waals surface area contributed by atoms with Gasteiger partial charge in [0.25, 0.3) is 0 Å². The molecule has 1 amide bonds. The van der Waals surface area contributed by atoms with Gasteiger partial charge in [0.05, 0.1) is 17.6 Å². The van der Waals surface area contributed by atoms with Gasteiger partial charge in [-0.05, 0) is 54.1 Å².